The second-order valence-corrected chi connectivity index (χ2v) is 5.16. The van der Waals surface area contributed by atoms with Gasteiger partial charge in [-0.1, -0.05) is 24.3 Å². The van der Waals surface area contributed by atoms with Crippen molar-refractivity contribution in [2.45, 2.75) is 0 Å². The fourth-order valence-electron chi connectivity index (χ4n) is 2.48. The van der Waals surface area contributed by atoms with Crippen molar-refractivity contribution >= 4 is 28.3 Å². The number of carbonyl (C=O) groups is 2. The van der Waals surface area contributed by atoms with Gasteiger partial charge in [0.2, 0.25) is 5.91 Å². The number of primary amides is 1. The highest BCUT2D eigenvalue weighted by molar-refractivity contribution is 6.15. The molecule has 0 spiro atoms. The monoisotopic (exact) mass is 326 g/mol. The third-order valence-corrected chi connectivity index (χ3v) is 3.60. The van der Waals surface area contributed by atoms with Crippen LogP contribution in [0.1, 0.15) is 20.7 Å². The van der Waals surface area contributed by atoms with Gasteiger partial charge in [0.1, 0.15) is 0 Å². The highest BCUT2D eigenvalue weighted by Gasteiger charge is 2.14. The van der Waals surface area contributed by atoms with Gasteiger partial charge >= 0.3 is 0 Å². The van der Waals surface area contributed by atoms with Gasteiger partial charge in [-0.3, -0.25) is 9.59 Å². The number of nitrogens with two attached hydrogens (primary N) is 1. The molecule has 0 aromatic heterocycles. The topological polar surface area (TPSA) is 72.2 Å². The van der Waals surface area contributed by atoms with E-state index in [2.05, 4.69) is 5.32 Å². The smallest absolute Gasteiger partial charge is 0.255 e. The van der Waals surface area contributed by atoms with Gasteiger partial charge in [0.05, 0.1) is 0 Å². The van der Waals surface area contributed by atoms with E-state index in [0.29, 0.717) is 11.1 Å². The number of carbonyl (C=O) groups excluding carboxylic acids is 2. The first-order chi connectivity index (χ1) is 11.5. The second kappa shape index (κ2) is 6.08. The molecule has 0 aliphatic rings. The highest BCUT2D eigenvalue weighted by atomic mass is 19.2. The lowest BCUT2D eigenvalue weighted by Crippen LogP contribution is -2.15. The molecule has 0 atom stereocenters. The van der Waals surface area contributed by atoms with E-state index in [9.17, 15) is 18.4 Å². The first kappa shape index (κ1) is 15.6. The van der Waals surface area contributed by atoms with Crippen molar-refractivity contribution in [2.24, 2.45) is 5.73 Å². The predicted octanol–water partition coefficient (Wildman–Crippen LogP) is 3.47. The minimum absolute atomic E-state index is 0.0394. The van der Waals surface area contributed by atoms with E-state index in [1.807, 2.05) is 0 Å². The summed E-state index contributed by atoms with van der Waals surface area (Å²) in [5, 5.41) is 3.81. The number of halogens is 2. The summed E-state index contributed by atoms with van der Waals surface area (Å²) < 4.78 is 26.3. The number of benzene rings is 3. The van der Waals surface area contributed by atoms with Crippen LogP contribution in [0, 0.1) is 11.6 Å². The van der Waals surface area contributed by atoms with Crippen molar-refractivity contribution in [2.75, 3.05) is 5.32 Å². The summed E-state index contributed by atoms with van der Waals surface area (Å²) >= 11 is 0. The summed E-state index contributed by atoms with van der Waals surface area (Å²) in [4.78, 5) is 23.9. The standard InChI is InChI=1S/C18H12F2N2O2/c19-13-8-7-11(9-14(13)20)18(24)22-15-6-2-4-10-3-1-5-12(16(10)15)17(21)23/h1-9H,(H2,21,23)(H,22,24). The summed E-state index contributed by atoms with van der Waals surface area (Å²) in [6.07, 6.45) is 0. The molecule has 3 aromatic rings. The molecule has 120 valence electrons. The summed E-state index contributed by atoms with van der Waals surface area (Å²) in [6.45, 7) is 0. The van der Waals surface area contributed by atoms with Crippen LogP contribution in [0.4, 0.5) is 14.5 Å². The Morgan fingerprint density at radius 2 is 1.62 bits per heavy atom. The van der Waals surface area contributed by atoms with Gasteiger partial charge in [-0.2, -0.15) is 0 Å². The van der Waals surface area contributed by atoms with E-state index >= 15 is 0 Å². The Balaban J connectivity index is 2.05. The molecule has 0 heterocycles. The molecule has 24 heavy (non-hydrogen) atoms. The van der Waals surface area contributed by atoms with Crippen LogP contribution in [0.3, 0.4) is 0 Å². The van der Waals surface area contributed by atoms with Gasteiger partial charge in [0, 0.05) is 22.2 Å². The Bertz CT molecular complexity index is 965. The number of rotatable bonds is 3. The molecular formula is C18H12F2N2O2. The van der Waals surface area contributed by atoms with Crippen molar-refractivity contribution in [1.82, 2.24) is 0 Å². The zero-order valence-corrected chi connectivity index (χ0v) is 12.3. The zero-order valence-electron chi connectivity index (χ0n) is 12.3. The van der Waals surface area contributed by atoms with Crippen LogP contribution < -0.4 is 11.1 Å². The predicted molar refractivity (Wildman–Crippen MR) is 86.8 cm³/mol. The number of anilines is 1. The maximum absolute atomic E-state index is 13.3. The van der Waals surface area contributed by atoms with Crippen LogP contribution in [-0.2, 0) is 0 Å². The average molecular weight is 326 g/mol. The number of fused-ring (bicyclic) bond motifs is 1. The molecule has 2 amide bonds. The normalized spacial score (nSPS) is 10.6. The number of hydrogen-bond donors (Lipinski definition) is 2. The molecule has 0 aliphatic heterocycles. The van der Waals surface area contributed by atoms with Crippen molar-refractivity contribution in [3.05, 3.63) is 77.4 Å². The van der Waals surface area contributed by atoms with Gasteiger partial charge in [-0.25, -0.2) is 8.78 Å². The van der Waals surface area contributed by atoms with Crippen LogP contribution in [0.25, 0.3) is 10.8 Å². The fraction of sp³-hybridized carbons (Fsp3) is 0. The van der Waals surface area contributed by atoms with Crippen molar-refractivity contribution < 1.29 is 18.4 Å². The lowest BCUT2D eigenvalue weighted by molar-refractivity contribution is 0.0998. The molecule has 3 rings (SSSR count). The van der Waals surface area contributed by atoms with Crippen LogP contribution in [0.5, 0.6) is 0 Å². The van der Waals surface area contributed by atoms with E-state index < -0.39 is 23.4 Å². The maximum atomic E-state index is 13.3. The SMILES string of the molecule is NC(=O)c1cccc2cccc(NC(=O)c3ccc(F)c(F)c3)c12. The van der Waals surface area contributed by atoms with E-state index in [-0.39, 0.29) is 11.1 Å². The second-order valence-electron chi connectivity index (χ2n) is 5.16. The molecule has 3 N–H and O–H groups in total. The average Bonchev–Trinajstić information content (AvgIpc) is 2.56. The third kappa shape index (κ3) is 2.81. The van der Waals surface area contributed by atoms with Crippen LogP contribution in [0.15, 0.2) is 54.6 Å². The molecule has 6 heteroatoms. The Morgan fingerprint density at radius 3 is 2.29 bits per heavy atom. The van der Waals surface area contributed by atoms with Gasteiger partial charge in [0.25, 0.3) is 5.91 Å². The summed E-state index contributed by atoms with van der Waals surface area (Å²) in [5.74, 6) is -3.40. The highest BCUT2D eigenvalue weighted by Crippen LogP contribution is 2.27. The van der Waals surface area contributed by atoms with Gasteiger partial charge < -0.3 is 11.1 Å². The molecule has 0 saturated heterocycles. The Hall–Kier alpha value is -3.28. The first-order valence-corrected chi connectivity index (χ1v) is 7.05. The van der Waals surface area contributed by atoms with Crippen LogP contribution >= 0.6 is 0 Å². The van der Waals surface area contributed by atoms with E-state index in [1.54, 1.807) is 36.4 Å². The first-order valence-electron chi connectivity index (χ1n) is 7.05. The largest absolute Gasteiger partial charge is 0.366 e. The summed E-state index contributed by atoms with van der Waals surface area (Å²) in [6, 6.07) is 13.0. The number of amides is 2. The molecule has 0 aliphatic carbocycles. The number of hydrogen-bond acceptors (Lipinski definition) is 2. The van der Waals surface area contributed by atoms with Crippen molar-refractivity contribution in [3.63, 3.8) is 0 Å². The third-order valence-electron chi connectivity index (χ3n) is 3.60. The van der Waals surface area contributed by atoms with E-state index in [4.69, 9.17) is 5.73 Å². The zero-order chi connectivity index (χ0) is 17.3. The fourth-order valence-corrected chi connectivity index (χ4v) is 2.48. The lowest BCUT2D eigenvalue weighted by Gasteiger charge is -2.11. The maximum Gasteiger partial charge on any atom is 0.255 e. The van der Waals surface area contributed by atoms with Gasteiger partial charge in [-0.05, 0) is 35.7 Å². The molecule has 0 radical (unpaired) electrons. The Labute approximate surface area is 135 Å². The van der Waals surface area contributed by atoms with E-state index in [0.717, 1.165) is 17.5 Å². The Morgan fingerprint density at radius 1 is 0.917 bits per heavy atom. The molecule has 0 bridgehead atoms. The molecule has 0 saturated carbocycles. The van der Waals surface area contributed by atoms with Gasteiger partial charge in [0.15, 0.2) is 11.6 Å². The summed E-state index contributed by atoms with van der Waals surface area (Å²) in [7, 11) is 0. The minimum Gasteiger partial charge on any atom is -0.366 e. The molecule has 4 nitrogen and oxygen atoms in total. The summed E-state index contributed by atoms with van der Waals surface area (Å²) in [5.41, 5.74) is 5.96. The van der Waals surface area contributed by atoms with Crippen molar-refractivity contribution in [3.8, 4) is 0 Å². The molecule has 0 unspecified atom stereocenters. The Kier molecular flexibility index (Phi) is 3.95. The van der Waals surface area contributed by atoms with E-state index in [1.165, 1.54) is 6.07 Å². The minimum atomic E-state index is -1.11. The quantitative estimate of drug-likeness (QED) is 0.773. The van der Waals surface area contributed by atoms with Crippen LogP contribution in [0.2, 0.25) is 0 Å². The molecule has 3 aromatic carbocycles. The molecular weight excluding hydrogens is 314 g/mol. The number of nitrogens with one attached hydrogen (secondary N) is 1. The molecule has 0 fully saturated rings. The lowest BCUT2D eigenvalue weighted by atomic mass is 10.0. The van der Waals surface area contributed by atoms with Crippen molar-refractivity contribution in [1.29, 1.82) is 0 Å². The van der Waals surface area contributed by atoms with Gasteiger partial charge in [-0.15, -0.1) is 0 Å². The van der Waals surface area contributed by atoms with Crippen LogP contribution in [-0.4, -0.2) is 11.8 Å².